The molecular formula is C26H32O3. The molecule has 29 heavy (non-hydrogen) atoms. The van der Waals surface area contributed by atoms with Crippen molar-refractivity contribution < 1.29 is 14.6 Å². The van der Waals surface area contributed by atoms with E-state index in [0.29, 0.717) is 17.4 Å². The monoisotopic (exact) mass is 392 g/mol. The SMILES string of the molecule is CC1(C)CCC(C)(C)c2cc(C#Cc3ccc(C=O)cc3O)ccc21.CCOC. The lowest BCUT2D eigenvalue weighted by Gasteiger charge is -2.41. The standard InChI is InChI=1S/C23H24O2.C3H8O/c1-22(2)11-12-23(3,4)20-13-16(7-10-19(20)22)5-8-18-9-6-17(15-24)14-21(18)25;1-3-4-2/h6-7,9-10,13-15,25H,11-12H2,1-4H3;3H2,1-2H3. The number of rotatable bonds is 2. The molecule has 0 amide bonds. The minimum absolute atomic E-state index is 0.0384. The third-order valence-electron chi connectivity index (χ3n) is 5.64. The highest BCUT2D eigenvalue weighted by Gasteiger charge is 2.36. The maximum atomic E-state index is 10.8. The summed E-state index contributed by atoms with van der Waals surface area (Å²) in [7, 11) is 1.68. The topological polar surface area (TPSA) is 46.5 Å². The van der Waals surface area contributed by atoms with E-state index < -0.39 is 0 Å². The first-order chi connectivity index (χ1) is 13.6. The minimum atomic E-state index is 0.0384. The van der Waals surface area contributed by atoms with Crippen LogP contribution in [0.5, 0.6) is 5.75 Å². The van der Waals surface area contributed by atoms with E-state index in [2.05, 4.69) is 62.5 Å². The molecule has 3 heteroatoms. The smallest absolute Gasteiger partial charge is 0.150 e. The van der Waals surface area contributed by atoms with E-state index >= 15 is 0 Å². The number of hydrogen-bond donors (Lipinski definition) is 1. The maximum Gasteiger partial charge on any atom is 0.150 e. The molecule has 0 saturated heterocycles. The van der Waals surface area contributed by atoms with Crippen LogP contribution in [0.4, 0.5) is 0 Å². The van der Waals surface area contributed by atoms with Gasteiger partial charge in [-0.2, -0.15) is 0 Å². The summed E-state index contributed by atoms with van der Waals surface area (Å²) in [4.78, 5) is 10.8. The number of carbonyl (C=O) groups excluding carboxylic acids is 1. The van der Waals surface area contributed by atoms with Gasteiger partial charge in [-0.15, -0.1) is 0 Å². The van der Waals surface area contributed by atoms with Gasteiger partial charge in [0.1, 0.15) is 12.0 Å². The molecule has 1 aliphatic carbocycles. The van der Waals surface area contributed by atoms with Crippen molar-refractivity contribution in [1.82, 2.24) is 0 Å². The molecule has 0 fully saturated rings. The fourth-order valence-corrected chi connectivity index (χ4v) is 3.53. The van der Waals surface area contributed by atoms with Crippen LogP contribution in [0.2, 0.25) is 0 Å². The second-order valence-electron chi connectivity index (χ2n) is 8.75. The summed E-state index contributed by atoms with van der Waals surface area (Å²) in [6, 6.07) is 11.2. The number of carbonyl (C=O) groups is 1. The Bertz CT molecular complexity index is 925. The molecule has 0 bridgehead atoms. The molecule has 0 spiro atoms. The van der Waals surface area contributed by atoms with Crippen LogP contribution in [0, 0.1) is 11.8 Å². The zero-order valence-electron chi connectivity index (χ0n) is 18.4. The van der Waals surface area contributed by atoms with Crippen molar-refractivity contribution in [3.63, 3.8) is 0 Å². The van der Waals surface area contributed by atoms with E-state index in [4.69, 9.17) is 0 Å². The molecule has 1 N–H and O–H groups in total. The zero-order valence-corrected chi connectivity index (χ0v) is 18.4. The van der Waals surface area contributed by atoms with Crippen molar-refractivity contribution >= 4 is 6.29 Å². The molecule has 2 aromatic rings. The third kappa shape index (κ3) is 5.49. The van der Waals surface area contributed by atoms with Crippen LogP contribution in [0.3, 0.4) is 0 Å². The van der Waals surface area contributed by atoms with E-state index in [-0.39, 0.29) is 16.6 Å². The van der Waals surface area contributed by atoms with Crippen LogP contribution in [-0.4, -0.2) is 25.1 Å². The molecule has 0 saturated carbocycles. The van der Waals surface area contributed by atoms with Gasteiger partial charge < -0.3 is 9.84 Å². The fraction of sp³-hybridized carbons (Fsp3) is 0.423. The van der Waals surface area contributed by atoms with Gasteiger partial charge in [-0.05, 0) is 66.0 Å². The molecule has 0 heterocycles. The number of phenols is 1. The summed E-state index contributed by atoms with van der Waals surface area (Å²) in [5.74, 6) is 6.21. The van der Waals surface area contributed by atoms with Crippen molar-refractivity contribution in [2.24, 2.45) is 0 Å². The van der Waals surface area contributed by atoms with Crippen LogP contribution >= 0.6 is 0 Å². The molecule has 3 nitrogen and oxygen atoms in total. The number of methoxy groups -OCH3 is 1. The first-order valence-electron chi connectivity index (χ1n) is 10.1. The highest BCUT2D eigenvalue weighted by atomic mass is 16.5. The van der Waals surface area contributed by atoms with Gasteiger partial charge in [0, 0.05) is 24.8 Å². The molecule has 0 atom stereocenters. The highest BCUT2D eigenvalue weighted by Crippen LogP contribution is 2.45. The van der Waals surface area contributed by atoms with Crippen molar-refractivity contribution in [3.8, 4) is 17.6 Å². The normalized spacial score (nSPS) is 15.8. The Morgan fingerprint density at radius 2 is 1.62 bits per heavy atom. The lowest BCUT2D eigenvalue weighted by molar-refractivity contribution is 0.112. The second-order valence-corrected chi connectivity index (χ2v) is 8.75. The Labute approximate surface area is 175 Å². The van der Waals surface area contributed by atoms with Crippen molar-refractivity contribution in [3.05, 3.63) is 64.2 Å². The van der Waals surface area contributed by atoms with Gasteiger partial charge in [0.25, 0.3) is 0 Å². The van der Waals surface area contributed by atoms with Gasteiger partial charge in [0.15, 0.2) is 0 Å². The van der Waals surface area contributed by atoms with Crippen LogP contribution in [0.25, 0.3) is 0 Å². The van der Waals surface area contributed by atoms with Crippen LogP contribution in [0.15, 0.2) is 36.4 Å². The first kappa shape index (κ1) is 22.7. The van der Waals surface area contributed by atoms with Gasteiger partial charge in [-0.25, -0.2) is 0 Å². The molecule has 0 aromatic heterocycles. The number of ether oxygens (including phenoxy) is 1. The summed E-state index contributed by atoms with van der Waals surface area (Å²) < 4.78 is 4.54. The average molecular weight is 393 g/mol. The lowest BCUT2D eigenvalue weighted by atomic mass is 9.63. The summed E-state index contributed by atoms with van der Waals surface area (Å²) in [6.45, 7) is 12.0. The van der Waals surface area contributed by atoms with Crippen LogP contribution in [-0.2, 0) is 15.6 Å². The molecule has 2 aromatic carbocycles. The number of phenolic OH excluding ortho intramolecular Hbond substituents is 1. The number of hydrogen-bond acceptors (Lipinski definition) is 3. The highest BCUT2D eigenvalue weighted by molar-refractivity contribution is 5.76. The number of fused-ring (bicyclic) bond motifs is 1. The van der Waals surface area contributed by atoms with E-state index in [9.17, 15) is 9.90 Å². The van der Waals surface area contributed by atoms with Crippen LogP contribution < -0.4 is 0 Å². The molecule has 0 radical (unpaired) electrons. The van der Waals surface area contributed by atoms with Gasteiger partial charge in [0.2, 0.25) is 0 Å². The van der Waals surface area contributed by atoms with Crippen molar-refractivity contribution in [1.29, 1.82) is 0 Å². The lowest BCUT2D eigenvalue weighted by Crippen LogP contribution is -2.33. The zero-order chi connectivity index (χ0) is 21.7. The number of aldehydes is 1. The van der Waals surface area contributed by atoms with E-state index in [1.807, 2.05) is 6.92 Å². The summed E-state index contributed by atoms with van der Waals surface area (Å²) >= 11 is 0. The van der Waals surface area contributed by atoms with Gasteiger partial charge >= 0.3 is 0 Å². The summed E-state index contributed by atoms with van der Waals surface area (Å²) in [6.07, 6.45) is 3.07. The Morgan fingerprint density at radius 3 is 2.17 bits per heavy atom. The average Bonchev–Trinajstić information content (AvgIpc) is 2.70. The minimum Gasteiger partial charge on any atom is -0.507 e. The second kappa shape index (κ2) is 9.29. The van der Waals surface area contributed by atoms with E-state index in [1.54, 1.807) is 19.2 Å². The molecular weight excluding hydrogens is 360 g/mol. The number of benzene rings is 2. The third-order valence-corrected chi connectivity index (χ3v) is 5.64. The quantitative estimate of drug-likeness (QED) is 0.534. The molecule has 3 rings (SSSR count). The molecule has 0 unspecified atom stereocenters. The Hall–Kier alpha value is -2.57. The van der Waals surface area contributed by atoms with Crippen LogP contribution in [0.1, 0.15) is 80.1 Å². The van der Waals surface area contributed by atoms with Gasteiger partial charge in [-0.3, -0.25) is 4.79 Å². The summed E-state index contributed by atoms with van der Waals surface area (Å²) in [5.41, 5.74) is 5.05. The predicted octanol–water partition coefficient (Wildman–Crippen LogP) is 5.61. The largest absolute Gasteiger partial charge is 0.507 e. The maximum absolute atomic E-state index is 10.8. The Balaban J connectivity index is 0.000000687. The molecule has 0 aliphatic heterocycles. The fourth-order valence-electron chi connectivity index (χ4n) is 3.53. The van der Waals surface area contributed by atoms with E-state index in [0.717, 1.165) is 18.6 Å². The van der Waals surface area contributed by atoms with E-state index in [1.165, 1.54) is 23.6 Å². The number of aromatic hydroxyl groups is 1. The first-order valence-corrected chi connectivity index (χ1v) is 10.1. The molecule has 154 valence electrons. The van der Waals surface area contributed by atoms with Crippen molar-refractivity contribution in [2.45, 2.75) is 58.3 Å². The predicted molar refractivity (Wildman–Crippen MR) is 119 cm³/mol. The molecule has 1 aliphatic rings. The summed E-state index contributed by atoms with van der Waals surface area (Å²) in [5, 5.41) is 9.98. The van der Waals surface area contributed by atoms with Gasteiger partial charge in [0.05, 0.1) is 5.56 Å². The Morgan fingerprint density at radius 1 is 1.00 bits per heavy atom. The Kier molecular flexibility index (Phi) is 7.27. The van der Waals surface area contributed by atoms with Crippen molar-refractivity contribution in [2.75, 3.05) is 13.7 Å². The van der Waals surface area contributed by atoms with Gasteiger partial charge in [-0.1, -0.05) is 51.7 Å².